The molecular weight excluding hydrogens is 272 g/mol. The summed E-state index contributed by atoms with van der Waals surface area (Å²) < 4.78 is 30.8. The van der Waals surface area contributed by atoms with Crippen molar-refractivity contribution in [3.8, 4) is 0 Å². The van der Waals surface area contributed by atoms with E-state index < -0.39 is 15.6 Å². The Labute approximate surface area is 108 Å². The average Bonchev–Trinajstić information content (AvgIpc) is 2.37. The van der Waals surface area contributed by atoms with Crippen molar-refractivity contribution in [2.24, 2.45) is 0 Å². The Balaban J connectivity index is 2.53. The van der Waals surface area contributed by atoms with Gasteiger partial charge in [0.1, 0.15) is 11.3 Å². The number of aliphatic hydroxyl groups is 1. The molecule has 1 aromatic heterocycles. The van der Waals surface area contributed by atoms with Crippen molar-refractivity contribution in [2.45, 2.75) is 4.90 Å². The summed E-state index contributed by atoms with van der Waals surface area (Å²) in [6.45, 7) is -0.374. The Hall–Kier alpha value is -1.90. The van der Waals surface area contributed by atoms with Gasteiger partial charge in [-0.2, -0.15) is 0 Å². The van der Waals surface area contributed by atoms with Crippen LogP contribution in [0.2, 0.25) is 0 Å². The van der Waals surface area contributed by atoms with E-state index in [4.69, 9.17) is 15.3 Å². The molecule has 0 aliphatic carbocycles. The van der Waals surface area contributed by atoms with Gasteiger partial charge in [-0.3, -0.25) is 0 Å². The van der Waals surface area contributed by atoms with E-state index in [9.17, 15) is 13.2 Å². The first-order valence-corrected chi connectivity index (χ1v) is 6.86. The van der Waals surface area contributed by atoms with Gasteiger partial charge >= 0.3 is 5.63 Å². The van der Waals surface area contributed by atoms with Gasteiger partial charge in [0.15, 0.2) is 0 Å². The van der Waals surface area contributed by atoms with Crippen LogP contribution < -0.4 is 16.1 Å². The molecule has 0 saturated heterocycles. The van der Waals surface area contributed by atoms with Gasteiger partial charge in [-0.15, -0.1) is 0 Å². The van der Waals surface area contributed by atoms with Crippen molar-refractivity contribution in [2.75, 3.05) is 18.9 Å². The van der Waals surface area contributed by atoms with Gasteiger partial charge < -0.3 is 15.3 Å². The molecular formula is C11H12N2O5S. The number of nitrogens with one attached hydrogen (secondary N) is 1. The molecule has 2 rings (SSSR count). The Morgan fingerprint density at radius 2 is 2.05 bits per heavy atom. The molecule has 7 nitrogen and oxygen atoms in total. The predicted molar refractivity (Wildman–Crippen MR) is 69.2 cm³/mol. The first kappa shape index (κ1) is 13.5. The van der Waals surface area contributed by atoms with Gasteiger partial charge in [0.05, 0.1) is 11.5 Å². The van der Waals surface area contributed by atoms with Crippen LogP contribution in [0.25, 0.3) is 11.0 Å². The highest BCUT2D eigenvalue weighted by atomic mass is 32.2. The highest BCUT2D eigenvalue weighted by molar-refractivity contribution is 7.89. The number of anilines is 1. The minimum Gasteiger partial charge on any atom is -0.421 e. The number of rotatable bonds is 4. The summed E-state index contributed by atoms with van der Waals surface area (Å²) in [5, 5.41) is 9.03. The SMILES string of the molecule is Nc1cc2cc(S(=O)(=O)NCCO)ccc2oc1=O. The standard InChI is InChI=1S/C11H12N2O5S/c12-9-6-7-5-8(19(16,17)13-3-4-14)1-2-10(7)18-11(9)15/h1-2,5-6,13-14H,3-4,12H2. The lowest BCUT2D eigenvalue weighted by Gasteiger charge is -2.06. The molecule has 0 unspecified atom stereocenters. The van der Waals surface area contributed by atoms with Crippen LogP contribution in [0.15, 0.2) is 38.4 Å². The number of hydrogen-bond donors (Lipinski definition) is 3. The maximum atomic E-state index is 11.8. The molecule has 1 aromatic carbocycles. The molecule has 0 fully saturated rings. The Morgan fingerprint density at radius 3 is 2.74 bits per heavy atom. The highest BCUT2D eigenvalue weighted by Crippen LogP contribution is 2.19. The fraction of sp³-hybridized carbons (Fsp3) is 0.182. The third-order valence-corrected chi connectivity index (χ3v) is 3.90. The lowest BCUT2D eigenvalue weighted by molar-refractivity contribution is 0.301. The molecule has 102 valence electrons. The van der Waals surface area contributed by atoms with Crippen LogP contribution in [-0.2, 0) is 10.0 Å². The maximum absolute atomic E-state index is 11.8. The van der Waals surface area contributed by atoms with Gasteiger partial charge in [-0.1, -0.05) is 0 Å². The van der Waals surface area contributed by atoms with Gasteiger partial charge in [-0.25, -0.2) is 17.9 Å². The van der Waals surface area contributed by atoms with Crippen LogP contribution in [0.1, 0.15) is 0 Å². The van der Waals surface area contributed by atoms with Crippen LogP contribution in [0.5, 0.6) is 0 Å². The van der Waals surface area contributed by atoms with Crippen LogP contribution >= 0.6 is 0 Å². The maximum Gasteiger partial charge on any atom is 0.359 e. The number of nitrogens with two attached hydrogens (primary N) is 1. The number of aliphatic hydroxyl groups excluding tert-OH is 1. The zero-order chi connectivity index (χ0) is 14.0. The molecule has 0 aliphatic heterocycles. The van der Waals surface area contributed by atoms with Crippen molar-refractivity contribution in [3.63, 3.8) is 0 Å². The van der Waals surface area contributed by atoms with E-state index in [1.807, 2.05) is 0 Å². The molecule has 0 bridgehead atoms. The van der Waals surface area contributed by atoms with E-state index in [0.29, 0.717) is 5.39 Å². The Morgan fingerprint density at radius 1 is 1.32 bits per heavy atom. The van der Waals surface area contributed by atoms with Crippen LogP contribution in [0, 0.1) is 0 Å². The van der Waals surface area contributed by atoms with Gasteiger partial charge in [-0.05, 0) is 24.3 Å². The second kappa shape index (κ2) is 5.00. The molecule has 2 aromatic rings. The molecule has 8 heteroatoms. The monoisotopic (exact) mass is 284 g/mol. The summed E-state index contributed by atoms with van der Waals surface area (Å²) in [6, 6.07) is 5.38. The van der Waals surface area contributed by atoms with Crippen molar-refractivity contribution in [1.82, 2.24) is 4.72 Å². The quantitative estimate of drug-likeness (QED) is 0.659. The van der Waals surface area contributed by atoms with Gasteiger partial charge in [0.2, 0.25) is 10.0 Å². The predicted octanol–water partition coefficient (Wildman–Crippen LogP) is -0.354. The van der Waals surface area contributed by atoms with Crippen LogP contribution in [0.4, 0.5) is 5.69 Å². The van der Waals surface area contributed by atoms with Gasteiger partial charge in [0, 0.05) is 11.9 Å². The van der Waals surface area contributed by atoms with E-state index in [1.165, 1.54) is 24.3 Å². The Bertz CT molecular complexity index is 766. The van der Waals surface area contributed by atoms with Crippen molar-refractivity contribution in [3.05, 3.63) is 34.7 Å². The summed E-state index contributed by atoms with van der Waals surface area (Å²) >= 11 is 0. The Kier molecular flexibility index (Phi) is 3.56. The second-order valence-electron chi connectivity index (χ2n) is 3.81. The average molecular weight is 284 g/mol. The van der Waals surface area contributed by atoms with Crippen LogP contribution in [0.3, 0.4) is 0 Å². The third kappa shape index (κ3) is 2.75. The fourth-order valence-electron chi connectivity index (χ4n) is 1.55. The third-order valence-electron chi connectivity index (χ3n) is 2.44. The molecule has 19 heavy (non-hydrogen) atoms. The lowest BCUT2D eigenvalue weighted by atomic mass is 10.2. The van der Waals surface area contributed by atoms with E-state index in [2.05, 4.69) is 4.72 Å². The number of hydrogen-bond acceptors (Lipinski definition) is 6. The summed E-state index contributed by atoms with van der Waals surface area (Å²) in [6.07, 6.45) is 0. The smallest absolute Gasteiger partial charge is 0.359 e. The molecule has 0 aliphatic rings. The number of fused-ring (bicyclic) bond motifs is 1. The minimum atomic E-state index is -3.71. The molecule has 0 spiro atoms. The van der Waals surface area contributed by atoms with E-state index in [-0.39, 0.29) is 29.3 Å². The van der Waals surface area contributed by atoms with E-state index >= 15 is 0 Å². The lowest BCUT2D eigenvalue weighted by Crippen LogP contribution is -2.26. The van der Waals surface area contributed by atoms with E-state index in [1.54, 1.807) is 0 Å². The molecule has 1 heterocycles. The number of benzene rings is 1. The van der Waals surface area contributed by atoms with Gasteiger partial charge in [0.25, 0.3) is 0 Å². The summed E-state index contributed by atoms with van der Waals surface area (Å²) in [4.78, 5) is 11.2. The molecule has 0 radical (unpaired) electrons. The normalized spacial score (nSPS) is 11.8. The summed E-state index contributed by atoms with van der Waals surface area (Å²) in [5.41, 5.74) is 4.91. The minimum absolute atomic E-state index is 0.00157. The van der Waals surface area contributed by atoms with Crippen LogP contribution in [-0.4, -0.2) is 26.7 Å². The first-order chi connectivity index (χ1) is 8.94. The van der Waals surface area contributed by atoms with Crippen molar-refractivity contribution in [1.29, 1.82) is 0 Å². The summed E-state index contributed by atoms with van der Waals surface area (Å²) in [7, 11) is -3.71. The molecule has 0 amide bonds. The van der Waals surface area contributed by atoms with E-state index in [0.717, 1.165) is 0 Å². The topological polar surface area (TPSA) is 123 Å². The summed E-state index contributed by atoms with van der Waals surface area (Å²) in [5.74, 6) is 0. The highest BCUT2D eigenvalue weighted by Gasteiger charge is 2.14. The first-order valence-electron chi connectivity index (χ1n) is 5.38. The largest absolute Gasteiger partial charge is 0.421 e. The van der Waals surface area contributed by atoms with Crippen molar-refractivity contribution >= 4 is 26.7 Å². The fourth-order valence-corrected chi connectivity index (χ4v) is 2.60. The second-order valence-corrected chi connectivity index (χ2v) is 5.58. The number of sulfonamides is 1. The molecule has 4 N–H and O–H groups in total. The molecule has 0 atom stereocenters. The van der Waals surface area contributed by atoms with Crippen molar-refractivity contribution < 1.29 is 17.9 Å². The molecule has 0 saturated carbocycles. The zero-order valence-electron chi connectivity index (χ0n) is 9.79. The number of nitrogen functional groups attached to an aromatic ring is 1. The zero-order valence-corrected chi connectivity index (χ0v) is 10.6.